The second kappa shape index (κ2) is 7.78. The van der Waals surface area contributed by atoms with Gasteiger partial charge in [0.2, 0.25) is 16.8 Å². The van der Waals surface area contributed by atoms with Crippen molar-refractivity contribution in [2.75, 3.05) is 33.1 Å². The number of carbonyl (C=O) groups excluding carboxylic acids is 1. The molecule has 0 aliphatic carbocycles. The SMILES string of the molecule is O=C(c1cccc(S(=O)(=O)NCc2ccc3c(c2)OCO3)c1)N1CCOCC1. The third-order valence-corrected chi connectivity index (χ3v) is 5.99. The maximum Gasteiger partial charge on any atom is 0.254 e. The Hall–Kier alpha value is -2.62. The quantitative estimate of drug-likeness (QED) is 0.809. The Kier molecular flexibility index (Phi) is 5.21. The van der Waals surface area contributed by atoms with E-state index in [9.17, 15) is 13.2 Å². The monoisotopic (exact) mass is 404 g/mol. The highest BCUT2D eigenvalue weighted by Gasteiger charge is 2.21. The lowest BCUT2D eigenvalue weighted by Gasteiger charge is -2.27. The average molecular weight is 404 g/mol. The van der Waals surface area contributed by atoms with Crippen LogP contribution in [0, 0.1) is 0 Å². The number of hydrogen-bond acceptors (Lipinski definition) is 6. The molecule has 0 spiro atoms. The Labute approximate surface area is 163 Å². The molecule has 2 aliphatic rings. The summed E-state index contributed by atoms with van der Waals surface area (Å²) in [5, 5.41) is 0. The van der Waals surface area contributed by atoms with Crippen LogP contribution in [0.2, 0.25) is 0 Å². The first-order valence-electron chi connectivity index (χ1n) is 8.88. The molecule has 0 atom stereocenters. The van der Waals surface area contributed by atoms with Crippen LogP contribution in [-0.2, 0) is 21.3 Å². The van der Waals surface area contributed by atoms with Gasteiger partial charge in [0.25, 0.3) is 5.91 Å². The Morgan fingerprint density at radius 1 is 1.04 bits per heavy atom. The number of ether oxygens (including phenoxy) is 3. The van der Waals surface area contributed by atoms with Gasteiger partial charge in [0.05, 0.1) is 18.1 Å². The van der Waals surface area contributed by atoms with Gasteiger partial charge in [-0.2, -0.15) is 0 Å². The lowest BCUT2D eigenvalue weighted by Crippen LogP contribution is -2.40. The molecule has 1 N–H and O–H groups in total. The van der Waals surface area contributed by atoms with Crippen LogP contribution < -0.4 is 14.2 Å². The smallest absolute Gasteiger partial charge is 0.254 e. The lowest BCUT2D eigenvalue weighted by molar-refractivity contribution is 0.0302. The molecule has 1 saturated heterocycles. The molecule has 1 amide bonds. The summed E-state index contributed by atoms with van der Waals surface area (Å²) >= 11 is 0. The molecule has 2 aliphatic heterocycles. The van der Waals surface area contributed by atoms with Crippen molar-refractivity contribution in [2.45, 2.75) is 11.4 Å². The molecule has 2 aromatic rings. The molecule has 2 aromatic carbocycles. The number of sulfonamides is 1. The minimum absolute atomic E-state index is 0.0485. The van der Waals surface area contributed by atoms with Gasteiger partial charge >= 0.3 is 0 Å². The van der Waals surface area contributed by atoms with Gasteiger partial charge in [0.1, 0.15) is 0 Å². The molecule has 28 heavy (non-hydrogen) atoms. The highest BCUT2D eigenvalue weighted by Crippen LogP contribution is 2.32. The van der Waals surface area contributed by atoms with Crippen LogP contribution in [0.4, 0.5) is 0 Å². The molecule has 1 fully saturated rings. The van der Waals surface area contributed by atoms with Crippen molar-refractivity contribution in [3.8, 4) is 11.5 Å². The predicted molar refractivity (Wildman–Crippen MR) is 99.8 cm³/mol. The van der Waals surface area contributed by atoms with Gasteiger partial charge in [-0.15, -0.1) is 0 Å². The summed E-state index contributed by atoms with van der Waals surface area (Å²) in [6.07, 6.45) is 0. The molecule has 0 aromatic heterocycles. The van der Waals surface area contributed by atoms with Gasteiger partial charge in [-0.3, -0.25) is 4.79 Å². The topological polar surface area (TPSA) is 94.2 Å². The molecular weight excluding hydrogens is 384 g/mol. The molecule has 2 heterocycles. The first-order valence-corrected chi connectivity index (χ1v) is 10.4. The summed E-state index contributed by atoms with van der Waals surface area (Å²) in [7, 11) is -3.78. The summed E-state index contributed by atoms with van der Waals surface area (Å²) in [6, 6.07) is 11.3. The minimum atomic E-state index is -3.78. The van der Waals surface area contributed by atoms with Crippen molar-refractivity contribution in [3.63, 3.8) is 0 Å². The fraction of sp³-hybridized carbons (Fsp3) is 0.316. The Balaban J connectivity index is 1.47. The van der Waals surface area contributed by atoms with Gasteiger partial charge < -0.3 is 19.1 Å². The zero-order valence-corrected chi connectivity index (χ0v) is 15.9. The van der Waals surface area contributed by atoms with Crippen molar-refractivity contribution in [2.24, 2.45) is 0 Å². The fourth-order valence-corrected chi connectivity index (χ4v) is 4.12. The minimum Gasteiger partial charge on any atom is -0.454 e. The summed E-state index contributed by atoms with van der Waals surface area (Å²) in [6.45, 7) is 2.23. The van der Waals surface area contributed by atoms with E-state index in [2.05, 4.69) is 4.72 Å². The standard InChI is InChI=1S/C19H20N2O6S/c22-19(21-6-8-25-9-7-21)15-2-1-3-16(11-15)28(23,24)20-12-14-4-5-17-18(10-14)27-13-26-17/h1-5,10-11,20H,6-9,12-13H2. The van der Waals surface area contributed by atoms with Crippen LogP contribution in [0.15, 0.2) is 47.4 Å². The predicted octanol–water partition coefficient (Wildman–Crippen LogP) is 1.37. The van der Waals surface area contributed by atoms with Crippen molar-refractivity contribution in [1.82, 2.24) is 9.62 Å². The Morgan fingerprint density at radius 2 is 1.82 bits per heavy atom. The second-order valence-corrected chi connectivity index (χ2v) is 8.21. The Bertz CT molecular complexity index is 986. The van der Waals surface area contributed by atoms with E-state index < -0.39 is 10.0 Å². The van der Waals surface area contributed by atoms with Crippen LogP contribution in [-0.4, -0.2) is 52.3 Å². The number of hydrogen-bond donors (Lipinski definition) is 1. The van der Waals surface area contributed by atoms with Crippen LogP contribution in [0.5, 0.6) is 11.5 Å². The third-order valence-electron chi connectivity index (χ3n) is 4.59. The van der Waals surface area contributed by atoms with Gasteiger partial charge in [0, 0.05) is 25.2 Å². The van der Waals surface area contributed by atoms with Crippen LogP contribution in [0.1, 0.15) is 15.9 Å². The summed E-state index contributed by atoms with van der Waals surface area (Å²) < 4.78 is 43.7. The van der Waals surface area contributed by atoms with Crippen LogP contribution >= 0.6 is 0 Å². The van der Waals surface area contributed by atoms with Gasteiger partial charge in [-0.25, -0.2) is 13.1 Å². The molecule has 0 radical (unpaired) electrons. The molecule has 9 heteroatoms. The number of rotatable bonds is 5. The number of nitrogens with zero attached hydrogens (tertiary/aromatic N) is 1. The summed E-state index contributed by atoms with van der Waals surface area (Å²) in [4.78, 5) is 14.3. The van der Waals surface area contributed by atoms with E-state index >= 15 is 0 Å². The number of fused-ring (bicyclic) bond motifs is 1. The van der Waals surface area contributed by atoms with Crippen molar-refractivity contribution in [3.05, 3.63) is 53.6 Å². The molecule has 148 valence electrons. The van der Waals surface area contributed by atoms with Gasteiger partial charge in [-0.1, -0.05) is 12.1 Å². The maximum atomic E-state index is 12.7. The van der Waals surface area contributed by atoms with E-state index in [1.54, 1.807) is 35.2 Å². The number of amides is 1. The number of carbonyl (C=O) groups is 1. The normalized spacial score (nSPS) is 16.2. The largest absolute Gasteiger partial charge is 0.454 e. The zero-order chi connectivity index (χ0) is 19.6. The van der Waals surface area contributed by atoms with Crippen molar-refractivity contribution in [1.29, 1.82) is 0 Å². The third kappa shape index (κ3) is 3.96. The maximum absolute atomic E-state index is 12.7. The highest BCUT2D eigenvalue weighted by molar-refractivity contribution is 7.89. The number of nitrogens with one attached hydrogen (secondary N) is 1. The first kappa shape index (κ1) is 18.7. The van der Waals surface area contributed by atoms with E-state index in [-0.39, 0.29) is 24.1 Å². The first-order chi connectivity index (χ1) is 13.5. The van der Waals surface area contributed by atoms with Gasteiger partial charge in [0.15, 0.2) is 11.5 Å². The van der Waals surface area contributed by atoms with Gasteiger partial charge in [-0.05, 0) is 35.9 Å². The van der Waals surface area contributed by atoms with Crippen molar-refractivity contribution >= 4 is 15.9 Å². The van der Waals surface area contributed by atoms with E-state index in [0.29, 0.717) is 43.4 Å². The molecular formula is C19H20N2O6S. The molecule has 0 saturated carbocycles. The molecule has 8 nitrogen and oxygen atoms in total. The number of morpholine rings is 1. The molecule has 0 unspecified atom stereocenters. The number of benzene rings is 2. The van der Waals surface area contributed by atoms with E-state index in [1.807, 2.05) is 0 Å². The summed E-state index contributed by atoms with van der Waals surface area (Å²) in [5.74, 6) is 1.03. The Morgan fingerprint density at radius 3 is 2.64 bits per heavy atom. The van der Waals surface area contributed by atoms with E-state index in [0.717, 1.165) is 5.56 Å². The van der Waals surface area contributed by atoms with E-state index in [1.165, 1.54) is 12.1 Å². The lowest BCUT2D eigenvalue weighted by atomic mass is 10.2. The highest BCUT2D eigenvalue weighted by atomic mass is 32.2. The average Bonchev–Trinajstić information content (AvgIpc) is 3.20. The van der Waals surface area contributed by atoms with Crippen LogP contribution in [0.25, 0.3) is 0 Å². The second-order valence-electron chi connectivity index (χ2n) is 6.44. The molecule has 4 rings (SSSR count). The zero-order valence-electron chi connectivity index (χ0n) is 15.1. The van der Waals surface area contributed by atoms with E-state index in [4.69, 9.17) is 14.2 Å². The summed E-state index contributed by atoms with van der Waals surface area (Å²) in [5.41, 5.74) is 1.08. The van der Waals surface area contributed by atoms with Crippen molar-refractivity contribution < 1.29 is 27.4 Å². The van der Waals surface area contributed by atoms with Crippen LogP contribution in [0.3, 0.4) is 0 Å². The molecule has 0 bridgehead atoms. The fourth-order valence-electron chi connectivity index (χ4n) is 3.06.